The number of carbonyl (C=O) groups is 1. The highest BCUT2D eigenvalue weighted by molar-refractivity contribution is 7.14. The van der Waals surface area contributed by atoms with Crippen molar-refractivity contribution in [2.45, 2.75) is 6.92 Å². The van der Waals surface area contributed by atoms with Gasteiger partial charge in [0.05, 0.1) is 5.69 Å². The molecule has 0 saturated carbocycles. The second-order valence-corrected chi connectivity index (χ2v) is 5.67. The van der Waals surface area contributed by atoms with E-state index >= 15 is 0 Å². The van der Waals surface area contributed by atoms with Crippen molar-refractivity contribution in [3.8, 4) is 17.1 Å². The first kappa shape index (κ1) is 15.9. The van der Waals surface area contributed by atoms with Crippen molar-refractivity contribution in [2.24, 2.45) is 0 Å². The second kappa shape index (κ2) is 7.05. The van der Waals surface area contributed by atoms with Crippen LogP contribution in [0, 0.1) is 6.92 Å². The summed E-state index contributed by atoms with van der Waals surface area (Å²) < 4.78 is 10.2. The van der Waals surface area contributed by atoms with Gasteiger partial charge >= 0.3 is 0 Å². The third kappa shape index (κ3) is 3.85. The molecular formula is C16H13N3O4S. The predicted molar refractivity (Wildman–Crippen MR) is 89.2 cm³/mol. The van der Waals surface area contributed by atoms with Crippen molar-refractivity contribution >= 4 is 22.4 Å². The number of aryl methyl sites for hydroxylation is 1. The monoisotopic (exact) mass is 343 g/mol. The zero-order valence-corrected chi connectivity index (χ0v) is 13.5. The molecule has 3 aromatic heterocycles. The molecule has 0 aliphatic rings. The molecule has 7 nitrogen and oxygen atoms in total. The first-order valence-electron chi connectivity index (χ1n) is 7.01. The number of hydrogen-bond acceptors (Lipinski definition) is 7. The van der Waals surface area contributed by atoms with Gasteiger partial charge in [-0.3, -0.25) is 19.9 Å². The zero-order chi connectivity index (χ0) is 16.9. The molecule has 1 amide bonds. The minimum atomic E-state index is -0.420. The number of hydrogen-bond donors (Lipinski definition) is 1. The Balaban J connectivity index is 1.59. The number of aromatic nitrogens is 2. The summed E-state index contributed by atoms with van der Waals surface area (Å²) in [6, 6.07) is 6.81. The van der Waals surface area contributed by atoms with Gasteiger partial charge in [0.15, 0.2) is 11.7 Å². The van der Waals surface area contributed by atoms with E-state index in [-0.39, 0.29) is 17.8 Å². The van der Waals surface area contributed by atoms with Crippen LogP contribution in [0.15, 0.2) is 51.3 Å². The van der Waals surface area contributed by atoms with Crippen LogP contribution in [-0.2, 0) is 4.79 Å². The number of anilines is 1. The highest BCUT2D eigenvalue weighted by atomic mass is 32.1. The molecule has 0 fully saturated rings. The fourth-order valence-corrected chi connectivity index (χ4v) is 2.58. The molecule has 3 rings (SSSR count). The van der Waals surface area contributed by atoms with Gasteiger partial charge in [0, 0.05) is 17.6 Å². The number of rotatable bonds is 5. The van der Waals surface area contributed by atoms with E-state index in [4.69, 9.17) is 9.15 Å². The van der Waals surface area contributed by atoms with Crippen LogP contribution in [-0.4, -0.2) is 22.5 Å². The van der Waals surface area contributed by atoms with E-state index in [2.05, 4.69) is 15.3 Å². The standard InChI is InChI=1S/C16H13N3O4S/c1-10-6-13(20)14(7-22-10)23-8-15(21)19-16-18-12(9-24-16)11-4-2-3-5-17-11/h2-7,9H,8H2,1H3,(H,18,19,21). The summed E-state index contributed by atoms with van der Waals surface area (Å²) in [4.78, 5) is 32.0. The molecule has 0 atom stereocenters. The molecule has 0 aromatic carbocycles. The molecular weight excluding hydrogens is 330 g/mol. The number of ether oxygens (including phenoxy) is 1. The van der Waals surface area contributed by atoms with Gasteiger partial charge < -0.3 is 9.15 Å². The van der Waals surface area contributed by atoms with Gasteiger partial charge in [0.1, 0.15) is 17.7 Å². The van der Waals surface area contributed by atoms with Crippen LogP contribution in [0.2, 0.25) is 0 Å². The number of nitrogens with zero attached hydrogens (tertiary/aromatic N) is 2. The SMILES string of the molecule is Cc1cc(=O)c(OCC(=O)Nc2nc(-c3ccccn3)cs2)co1. The van der Waals surface area contributed by atoms with Gasteiger partial charge in [0.25, 0.3) is 5.91 Å². The Hall–Kier alpha value is -3.00. The second-order valence-electron chi connectivity index (χ2n) is 4.81. The molecule has 0 unspecified atom stereocenters. The number of amides is 1. The number of carbonyl (C=O) groups excluding carboxylic acids is 1. The molecule has 0 aliphatic heterocycles. The highest BCUT2D eigenvalue weighted by Gasteiger charge is 2.10. The van der Waals surface area contributed by atoms with Gasteiger partial charge in [-0.25, -0.2) is 4.98 Å². The molecule has 1 N–H and O–H groups in total. The first-order chi connectivity index (χ1) is 11.6. The number of thiazole rings is 1. The molecule has 0 saturated heterocycles. The van der Waals surface area contributed by atoms with E-state index in [1.54, 1.807) is 18.5 Å². The molecule has 3 aromatic rings. The molecule has 0 bridgehead atoms. The van der Waals surface area contributed by atoms with Gasteiger partial charge in [-0.05, 0) is 19.1 Å². The molecule has 24 heavy (non-hydrogen) atoms. The molecule has 3 heterocycles. The summed E-state index contributed by atoms with van der Waals surface area (Å²) in [6.07, 6.45) is 2.86. The number of pyridine rings is 1. The van der Waals surface area contributed by atoms with Crippen LogP contribution in [0.25, 0.3) is 11.4 Å². The average molecular weight is 343 g/mol. The van der Waals surface area contributed by atoms with Gasteiger partial charge in [0.2, 0.25) is 11.2 Å². The predicted octanol–water partition coefficient (Wildman–Crippen LogP) is 2.48. The van der Waals surface area contributed by atoms with Crippen LogP contribution in [0.4, 0.5) is 5.13 Å². The van der Waals surface area contributed by atoms with E-state index in [1.165, 1.54) is 23.7 Å². The number of nitrogens with one attached hydrogen (secondary N) is 1. The minimum Gasteiger partial charge on any atom is -0.477 e. The fraction of sp³-hybridized carbons (Fsp3) is 0.125. The van der Waals surface area contributed by atoms with Crippen LogP contribution in [0.5, 0.6) is 5.75 Å². The first-order valence-corrected chi connectivity index (χ1v) is 7.89. The maximum absolute atomic E-state index is 11.9. The molecule has 0 spiro atoms. The van der Waals surface area contributed by atoms with Crippen molar-refractivity contribution in [3.63, 3.8) is 0 Å². The van der Waals surface area contributed by atoms with Crippen molar-refractivity contribution < 1.29 is 13.9 Å². The third-order valence-electron chi connectivity index (χ3n) is 2.97. The Morgan fingerprint density at radius 1 is 1.38 bits per heavy atom. The quantitative estimate of drug-likeness (QED) is 0.765. The molecule has 0 aliphatic carbocycles. The van der Waals surface area contributed by atoms with Crippen molar-refractivity contribution in [2.75, 3.05) is 11.9 Å². The summed E-state index contributed by atoms with van der Waals surface area (Å²) in [6.45, 7) is 1.34. The van der Waals surface area contributed by atoms with Crippen LogP contribution >= 0.6 is 11.3 Å². The lowest BCUT2D eigenvalue weighted by atomic mass is 10.3. The maximum Gasteiger partial charge on any atom is 0.264 e. The lowest BCUT2D eigenvalue weighted by Gasteiger charge is -2.04. The zero-order valence-electron chi connectivity index (χ0n) is 12.7. The third-order valence-corrected chi connectivity index (χ3v) is 3.72. The van der Waals surface area contributed by atoms with Crippen LogP contribution < -0.4 is 15.5 Å². The maximum atomic E-state index is 11.9. The van der Waals surface area contributed by atoms with E-state index in [0.717, 1.165) is 5.69 Å². The summed E-state index contributed by atoms with van der Waals surface area (Å²) in [5.74, 6) is 0.0441. The fourth-order valence-electron chi connectivity index (χ4n) is 1.86. The van der Waals surface area contributed by atoms with Gasteiger partial charge in [-0.15, -0.1) is 11.3 Å². The lowest BCUT2D eigenvalue weighted by Crippen LogP contribution is -2.22. The largest absolute Gasteiger partial charge is 0.477 e. The van der Waals surface area contributed by atoms with E-state index in [0.29, 0.717) is 16.6 Å². The summed E-state index contributed by atoms with van der Waals surface area (Å²) >= 11 is 1.28. The Morgan fingerprint density at radius 3 is 3.00 bits per heavy atom. The lowest BCUT2D eigenvalue weighted by molar-refractivity contribution is -0.118. The Morgan fingerprint density at radius 2 is 2.25 bits per heavy atom. The molecule has 122 valence electrons. The highest BCUT2D eigenvalue weighted by Crippen LogP contribution is 2.22. The smallest absolute Gasteiger partial charge is 0.264 e. The molecule has 8 heteroatoms. The average Bonchev–Trinajstić information content (AvgIpc) is 3.03. The van der Waals surface area contributed by atoms with Crippen molar-refractivity contribution in [1.82, 2.24) is 9.97 Å². The van der Waals surface area contributed by atoms with Crippen LogP contribution in [0.3, 0.4) is 0 Å². The van der Waals surface area contributed by atoms with Gasteiger partial charge in [-0.1, -0.05) is 6.07 Å². The Labute approximate surface area is 141 Å². The summed E-state index contributed by atoms with van der Waals surface area (Å²) in [5.41, 5.74) is 1.07. The topological polar surface area (TPSA) is 94.3 Å². The molecule has 0 radical (unpaired) electrons. The minimum absolute atomic E-state index is 0.0101. The Bertz CT molecular complexity index is 905. The van der Waals surface area contributed by atoms with E-state index in [9.17, 15) is 9.59 Å². The van der Waals surface area contributed by atoms with Crippen molar-refractivity contribution in [1.29, 1.82) is 0 Å². The summed E-state index contributed by atoms with van der Waals surface area (Å²) in [5, 5.41) is 4.85. The van der Waals surface area contributed by atoms with Crippen molar-refractivity contribution in [3.05, 3.63) is 58.1 Å². The van der Waals surface area contributed by atoms with Crippen LogP contribution in [0.1, 0.15) is 5.76 Å². The summed E-state index contributed by atoms with van der Waals surface area (Å²) in [7, 11) is 0. The normalized spacial score (nSPS) is 10.4. The van der Waals surface area contributed by atoms with E-state index in [1.807, 2.05) is 18.2 Å². The van der Waals surface area contributed by atoms with Gasteiger partial charge in [-0.2, -0.15) is 0 Å². The van der Waals surface area contributed by atoms with E-state index < -0.39 is 5.91 Å². The Kier molecular flexibility index (Phi) is 4.66.